The Morgan fingerprint density at radius 3 is 1.57 bits per heavy atom. The van der Waals surface area contributed by atoms with E-state index in [0.717, 1.165) is 0 Å². The summed E-state index contributed by atoms with van der Waals surface area (Å²) in [6.45, 7) is 11.7. The van der Waals surface area contributed by atoms with Crippen LogP contribution in [0.2, 0.25) is 15.7 Å². The monoisotopic (exact) mass is 578 g/mol. The van der Waals surface area contributed by atoms with E-state index in [0.29, 0.717) is 5.41 Å². The fourth-order valence-corrected chi connectivity index (χ4v) is 9.58. The zero-order valence-electron chi connectivity index (χ0n) is 15.6. The quantitative estimate of drug-likeness (QED) is 0.298. The predicted octanol–water partition coefficient (Wildman–Crippen LogP) is -2.68. The number of hydrogen-bond acceptors (Lipinski definition) is 0. The van der Waals surface area contributed by atoms with Gasteiger partial charge in [0.15, 0.2) is 0 Å². The molecule has 0 saturated carbocycles. The van der Waals surface area contributed by atoms with E-state index in [4.69, 9.17) is 0 Å². The molecule has 0 radical (unpaired) electrons. The first kappa shape index (κ1) is 29.2. The van der Waals surface area contributed by atoms with Crippen LogP contribution in [0.15, 0.2) is 42.2 Å². The van der Waals surface area contributed by atoms with Crippen LogP contribution in [0.25, 0.3) is 0 Å². The molecule has 0 aliphatic heterocycles. The van der Waals surface area contributed by atoms with Crippen LogP contribution in [0.1, 0.15) is 41.0 Å². The van der Waals surface area contributed by atoms with Crippen LogP contribution in [0.3, 0.4) is 0 Å². The van der Waals surface area contributed by atoms with Crippen molar-refractivity contribution < 1.29 is 78.2 Å². The second-order valence-electron chi connectivity index (χ2n) is 7.45. The van der Waals surface area contributed by atoms with Crippen LogP contribution in [-0.2, 0) is 41.0 Å². The Morgan fingerprint density at radius 2 is 1.43 bits per heavy atom. The zero-order chi connectivity index (χ0) is 15.7. The van der Waals surface area contributed by atoms with Gasteiger partial charge in [-0.15, -0.1) is 0 Å². The van der Waals surface area contributed by atoms with Gasteiger partial charge in [0.1, 0.15) is 0 Å². The average molecular weight is 578 g/mol. The standard InChI is InChI=1S/C10H15.C5H5.3CH3.3ClH.Hf.Ti/c1-7-6-10(4,5)9(3)8(7)2;1-2-4-5-3-1;;;;;;;;/h1-5H3;1-3H,4H2;3*1H3;3*1H;;/q;;;;;;;;+3;/p-3. The summed E-state index contributed by atoms with van der Waals surface area (Å²) in [6, 6.07) is 0. The van der Waals surface area contributed by atoms with Gasteiger partial charge in [-0.1, -0.05) is 0 Å². The molecule has 23 heavy (non-hydrogen) atoms. The van der Waals surface area contributed by atoms with Crippen molar-refractivity contribution in [2.45, 2.75) is 56.7 Å². The van der Waals surface area contributed by atoms with Crippen molar-refractivity contribution in [3.8, 4) is 0 Å². The minimum atomic E-state index is -1.68. The summed E-state index contributed by atoms with van der Waals surface area (Å²) < 4.78 is 3.41. The molecule has 2 aliphatic rings. The molecule has 0 nitrogen and oxygen atoms in total. The summed E-state index contributed by atoms with van der Waals surface area (Å²) in [7, 11) is 0. The van der Waals surface area contributed by atoms with Crippen LogP contribution in [-0.4, -0.2) is 0 Å². The molecular weight excluding hydrogens is 549 g/mol. The Labute approximate surface area is 180 Å². The summed E-state index contributed by atoms with van der Waals surface area (Å²) >= 11 is -0.425. The van der Waals surface area contributed by atoms with Gasteiger partial charge < -0.3 is 37.2 Å². The normalized spacial score (nSPS) is 18.4. The number of halogens is 3. The number of rotatable bonds is 1. The van der Waals surface area contributed by atoms with Gasteiger partial charge in [-0.05, 0) is 0 Å². The Hall–Kier alpha value is 1.41. The topological polar surface area (TPSA) is 0 Å². The molecule has 0 spiro atoms. The third kappa shape index (κ3) is 7.28. The third-order valence-electron chi connectivity index (χ3n) is 4.58. The third-order valence-corrected chi connectivity index (χ3v) is 9.82. The Kier molecular flexibility index (Phi) is 14.2. The van der Waals surface area contributed by atoms with E-state index in [2.05, 4.69) is 68.5 Å². The molecule has 0 N–H and O–H groups in total. The summed E-state index contributed by atoms with van der Waals surface area (Å²) in [5, 5.41) is 7.52. The van der Waals surface area contributed by atoms with Gasteiger partial charge in [-0.2, -0.15) is 0 Å². The van der Waals surface area contributed by atoms with Crippen molar-refractivity contribution in [2.75, 3.05) is 0 Å². The SMILES string of the molecule is CC1=C(C)C(C)(C)[C]([Ti]([CH3])([CH3])[CH3])=C1C.[Cl-].[Cl-].[Cl-].[Hf+3][C]1=CC=CC1. The molecule has 5 heteroatoms. The van der Waals surface area contributed by atoms with Gasteiger partial charge >= 0.3 is 145 Å². The Balaban J connectivity index is -0.000000382. The molecule has 0 unspecified atom stereocenters. The molecule has 0 aromatic rings. The van der Waals surface area contributed by atoms with E-state index >= 15 is 0 Å². The second-order valence-corrected chi connectivity index (χ2v) is 17.6. The van der Waals surface area contributed by atoms with Crippen LogP contribution in [0, 0.1) is 5.41 Å². The molecule has 0 heterocycles. The predicted molar refractivity (Wildman–Crippen MR) is 84.3 cm³/mol. The van der Waals surface area contributed by atoms with Crippen molar-refractivity contribution in [3.63, 3.8) is 0 Å². The van der Waals surface area contributed by atoms with Crippen LogP contribution < -0.4 is 37.2 Å². The summed E-state index contributed by atoms with van der Waals surface area (Å²) in [6.07, 6.45) is 7.75. The zero-order valence-corrected chi connectivity index (χ0v) is 23.0. The minimum absolute atomic E-state index is 0. The molecule has 0 amide bonds. The van der Waals surface area contributed by atoms with Gasteiger partial charge in [-0.25, -0.2) is 0 Å². The Morgan fingerprint density at radius 1 is 0.957 bits per heavy atom. The number of hydrogen-bond donors (Lipinski definition) is 0. The van der Waals surface area contributed by atoms with E-state index in [9.17, 15) is 0 Å². The average Bonchev–Trinajstić information content (AvgIpc) is 2.81. The summed E-state index contributed by atoms with van der Waals surface area (Å²) in [5.41, 5.74) is 5.07. The molecule has 0 saturated heterocycles. The van der Waals surface area contributed by atoms with Crippen LogP contribution in [0.5, 0.6) is 0 Å². The molecule has 0 aromatic heterocycles. The molecule has 0 aromatic carbocycles. The molecule has 0 atom stereocenters. The van der Waals surface area contributed by atoms with E-state index in [1.54, 1.807) is 23.9 Å². The van der Waals surface area contributed by atoms with Gasteiger partial charge in [0.2, 0.25) is 0 Å². The first-order valence-electron chi connectivity index (χ1n) is 7.47. The van der Waals surface area contributed by atoms with Crippen molar-refractivity contribution in [3.05, 3.63) is 42.2 Å². The maximum atomic E-state index is 2.51. The van der Waals surface area contributed by atoms with Gasteiger partial charge in [0, 0.05) is 0 Å². The fourth-order valence-electron chi connectivity index (χ4n) is 3.54. The maximum absolute atomic E-state index is 2.51. The first-order valence-corrected chi connectivity index (χ1v) is 14.7. The van der Waals surface area contributed by atoms with E-state index in [1.165, 1.54) is 30.8 Å². The molecule has 2 rings (SSSR count). The van der Waals surface area contributed by atoms with Crippen molar-refractivity contribution in [1.29, 1.82) is 0 Å². The van der Waals surface area contributed by atoms with E-state index in [1.807, 2.05) is 0 Å². The fraction of sp³-hybridized carbons (Fsp3) is 0.556. The second kappa shape index (κ2) is 11.2. The first-order chi connectivity index (χ1) is 8.99. The molecule has 2 aliphatic carbocycles. The number of allylic oxidation sites excluding steroid dienone is 8. The Bertz CT molecular complexity index is 521. The van der Waals surface area contributed by atoms with Gasteiger partial charge in [-0.3, -0.25) is 0 Å². The summed E-state index contributed by atoms with van der Waals surface area (Å²) in [4.78, 5) is 0. The van der Waals surface area contributed by atoms with Crippen LogP contribution >= 0.6 is 0 Å². The van der Waals surface area contributed by atoms with Gasteiger partial charge in [0.05, 0.1) is 0 Å². The molecule has 130 valence electrons. The van der Waals surface area contributed by atoms with Crippen LogP contribution in [0.4, 0.5) is 0 Å². The van der Waals surface area contributed by atoms with E-state index < -0.39 is 16.6 Å². The van der Waals surface area contributed by atoms with Gasteiger partial charge in [0.25, 0.3) is 0 Å². The molecule has 0 fully saturated rings. The van der Waals surface area contributed by atoms with E-state index in [-0.39, 0.29) is 37.2 Å². The van der Waals surface area contributed by atoms with Crippen molar-refractivity contribution in [2.24, 2.45) is 5.41 Å². The van der Waals surface area contributed by atoms with Crippen molar-refractivity contribution in [1.82, 2.24) is 0 Å². The van der Waals surface area contributed by atoms with Crippen molar-refractivity contribution >= 4 is 0 Å². The molecular formula is C18H29Cl3HfTi. The molecule has 0 bridgehead atoms. The summed E-state index contributed by atoms with van der Waals surface area (Å²) in [5.74, 6) is 0.